The second-order valence-corrected chi connectivity index (χ2v) is 5.37. The third kappa shape index (κ3) is 3.10. The van der Waals surface area contributed by atoms with Crippen LogP contribution < -0.4 is 5.32 Å². The largest absolute Gasteiger partial charge is 0.313 e. The SMILES string of the molecule is CCCNC(C1CCC1)C(C)c1ccccc1. The minimum atomic E-state index is 0.632. The highest BCUT2D eigenvalue weighted by molar-refractivity contribution is 5.21. The van der Waals surface area contributed by atoms with Crippen LogP contribution >= 0.6 is 0 Å². The highest BCUT2D eigenvalue weighted by atomic mass is 14.9. The van der Waals surface area contributed by atoms with Crippen LogP contribution in [0.5, 0.6) is 0 Å². The van der Waals surface area contributed by atoms with Crippen molar-refractivity contribution >= 4 is 0 Å². The summed E-state index contributed by atoms with van der Waals surface area (Å²) in [4.78, 5) is 0. The van der Waals surface area contributed by atoms with Gasteiger partial charge < -0.3 is 5.32 Å². The molecule has 2 unspecified atom stereocenters. The molecule has 1 heteroatoms. The molecule has 1 aromatic rings. The fraction of sp³-hybridized carbons (Fsp3) is 0.625. The number of hydrogen-bond donors (Lipinski definition) is 1. The van der Waals surface area contributed by atoms with E-state index in [4.69, 9.17) is 0 Å². The topological polar surface area (TPSA) is 12.0 Å². The molecular weight excluding hydrogens is 206 g/mol. The predicted molar refractivity (Wildman–Crippen MR) is 74.3 cm³/mol. The van der Waals surface area contributed by atoms with Gasteiger partial charge in [0.15, 0.2) is 0 Å². The average Bonchev–Trinajstić information content (AvgIpc) is 2.32. The smallest absolute Gasteiger partial charge is 0.0161 e. The molecule has 0 spiro atoms. The van der Waals surface area contributed by atoms with E-state index in [1.807, 2.05) is 0 Å². The van der Waals surface area contributed by atoms with E-state index in [0.717, 1.165) is 12.5 Å². The lowest BCUT2D eigenvalue weighted by Crippen LogP contribution is -2.43. The Balaban J connectivity index is 2.03. The summed E-state index contributed by atoms with van der Waals surface area (Å²) in [7, 11) is 0. The molecule has 1 fully saturated rings. The summed E-state index contributed by atoms with van der Waals surface area (Å²) in [6, 6.07) is 11.6. The molecule has 0 amide bonds. The first-order valence-corrected chi connectivity index (χ1v) is 7.11. The van der Waals surface area contributed by atoms with Gasteiger partial charge in [0, 0.05) is 6.04 Å². The van der Waals surface area contributed by atoms with Gasteiger partial charge in [0.2, 0.25) is 0 Å². The van der Waals surface area contributed by atoms with Crippen molar-refractivity contribution in [3.63, 3.8) is 0 Å². The Morgan fingerprint density at radius 3 is 2.47 bits per heavy atom. The highest BCUT2D eigenvalue weighted by Gasteiger charge is 2.31. The van der Waals surface area contributed by atoms with E-state index >= 15 is 0 Å². The Labute approximate surface area is 106 Å². The third-order valence-electron chi connectivity index (χ3n) is 4.15. The van der Waals surface area contributed by atoms with Gasteiger partial charge in [0.05, 0.1) is 0 Å². The molecule has 2 rings (SSSR count). The van der Waals surface area contributed by atoms with Gasteiger partial charge in [-0.15, -0.1) is 0 Å². The van der Waals surface area contributed by atoms with Crippen LogP contribution in [-0.2, 0) is 0 Å². The maximum absolute atomic E-state index is 3.77. The van der Waals surface area contributed by atoms with Crippen LogP contribution in [0.2, 0.25) is 0 Å². The molecule has 1 saturated carbocycles. The molecule has 1 aliphatic rings. The summed E-state index contributed by atoms with van der Waals surface area (Å²) in [5.41, 5.74) is 1.48. The van der Waals surface area contributed by atoms with Crippen LogP contribution in [0.25, 0.3) is 0 Å². The monoisotopic (exact) mass is 231 g/mol. The van der Waals surface area contributed by atoms with Crippen molar-refractivity contribution in [2.75, 3.05) is 6.54 Å². The van der Waals surface area contributed by atoms with Gasteiger partial charge >= 0.3 is 0 Å². The van der Waals surface area contributed by atoms with Gasteiger partial charge in [-0.25, -0.2) is 0 Å². The standard InChI is InChI=1S/C16H25N/c1-3-12-17-16(15-10-7-11-15)13(2)14-8-5-4-6-9-14/h4-6,8-9,13,15-17H,3,7,10-12H2,1-2H3. The molecule has 1 aliphatic carbocycles. The molecule has 0 radical (unpaired) electrons. The highest BCUT2D eigenvalue weighted by Crippen LogP contribution is 2.36. The van der Waals surface area contributed by atoms with E-state index in [9.17, 15) is 0 Å². The molecule has 0 bridgehead atoms. The number of hydrogen-bond acceptors (Lipinski definition) is 1. The van der Waals surface area contributed by atoms with Crippen molar-refractivity contribution in [2.24, 2.45) is 5.92 Å². The van der Waals surface area contributed by atoms with Gasteiger partial charge in [0.25, 0.3) is 0 Å². The van der Waals surface area contributed by atoms with E-state index in [1.165, 1.54) is 31.2 Å². The van der Waals surface area contributed by atoms with Crippen LogP contribution in [0.4, 0.5) is 0 Å². The zero-order valence-corrected chi connectivity index (χ0v) is 11.2. The van der Waals surface area contributed by atoms with E-state index in [1.54, 1.807) is 0 Å². The molecule has 1 aromatic carbocycles. The quantitative estimate of drug-likeness (QED) is 0.781. The van der Waals surface area contributed by atoms with Crippen LogP contribution in [0, 0.1) is 5.92 Å². The van der Waals surface area contributed by atoms with Gasteiger partial charge in [-0.2, -0.15) is 0 Å². The maximum atomic E-state index is 3.77. The van der Waals surface area contributed by atoms with E-state index in [0.29, 0.717) is 12.0 Å². The Hall–Kier alpha value is -0.820. The molecule has 94 valence electrons. The lowest BCUT2D eigenvalue weighted by Gasteiger charge is -2.38. The molecule has 0 saturated heterocycles. The molecule has 1 nitrogen and oxygen atoms in total. The van der Waals surface area contributed by atoms with Crippen molar-refractivity contribution in [1.29, 1.82) is 0 Å². The summed E-state index contributed by atoms with van der Waals surface area (Å²) in [6.45, 7) is 5.78. The number of benzene rings is 1. The number of rotatable bonds is 6. The fourth-order valence-electron chi connectivity index (χ4n) is 2.83. The zero-order chi connectivity index (χ0) is 12.1. The van der Waals surface area contributed by atoms with Gasteiger partial charge in [-0.1, -0.05) is 50.6 Å². The Morgan fingerprint density at radius 2 is 1.94 bits per heavy atom. The summed E-state index contributed by atoms with van der Waals surface area (Å²) in [5, 5.41) is 3.77. The first-order valence-electron chi connectivity index (χ1n) is 7.11. The van der Waals surface area contributed by atoms with Crippen LogP contribution in [0.15, 0.2) is 30.3 Å². The molecule has 1 N–H and O–H groups in total. The van der Waals surface area contributed by atoms with Crippen molar-refractivity contribution in [3.05, 3.63) is 35.9 Å². The summed E-state index contributed by atoms with van der Waals surface area (Å²) >= 11 is 0. The molecule has 2 atom stereocenters. The van der Waals surface area contributed by atoms with Crippen molar-refractivity contribution in [3.8, 4) is 0 Å². The van der Waals surface area contributed by atoms with E-state index < -0.39 is 0 Å². The third-order valence-corrected chi connectivity index (χ3v) is 4.15. The summed E-state index contributed by atoms with van der Waals surface area (Å²) < 4.78 is 0. The van der Waals surface area contributed by atoms with E-state index in [2.05, 4.69) is 49.5 Å². The number of nitrogens with one attached hydrogen (secondary N) is 1. The minimum Gasteiger partial charge on any atom is -0.313 e. The lowest BCUT2D eigenvalue weighted by atomic mass is 9.73. The molecule has 0 aromatic heterocycles. The second-order valence-electron chi connectivity index (χ2n) is 5.37. The van der Waals surface area contributed by atoms with Crippen LogP contribution in [0.3, 0.4) is 0 Å². The van der Waals surface area contributed by atoms with Gasteiger partial charge in [-0.3, -0.25) is 0 Å². The molecule has 17 heavy (non-hydrogen) atoms. The lowest BCUT2D eigenvalue weighted by molar-refractivity contribution is 0.208. The summed E-state index contributed by atoms with van der Waals surface area (Å²) in [6.07, 6.45) is 5.48. The first-order chi connectivity index (χ1) is 8.33. The van der Waals surface area contributed by atoms with Crippen molar-refractivity contribution in [2.45, 2.75) is 51.5 Å². The Kier molecular flexibility index (Phi) is 4.61. The minimum absolute atomic E-state index is 0.632. The second kappa shape index (κ2) is 6.20. The van der Waals surface area contributed by atoms with Crippen molar-refractivity contribution < 1.29 is 0 Å². The van der Waals surface area contributed by atoms with Crippen LogP contribution in [-0.4, -0.2) is 12.6 Å². The first kappa shape index (κ1) is 12.6. The molecular formula is C16H25N. The summed E-state index contributed by atoms with van der Waals surface area (Å²) in [5.74, 6) is 1.53. The average molecular weight is 231 g/mol. The van der Waals surface area contributed by atoms with Gasteiger partial charge in [0.1, 0.15) is 0 Å². The molecule has 0 aliphatic heterocycles. The Morgan fingerprint density at radius 1 is 1.24 bits per heavy atom. The predicted octanol–water partition coefficient (Wildman–Crippen LogP) is 3.96. The zero-order valence-electron chi connectivity index (χ0n) is 11.2. The maximum Gasteiger partial charge on any atom is 0.0161 e. The van der Waals surface area contributed by atoms with E-state index in [-0.39, 0.29) is 0 Å². The Bertz CT molecular complexity index is 316. The van der Waals surface area contributed by atoms with Crippen molar-refractivity contribution in [1.82, 2.24) is 5.32 Å². The van der Waals surface area contributed by atoms with Crippen LogP contribution in [0.1, 0.15) is 51.0 Å². The normalized spacial score (nSPS) is 19.6. The molecule has 0 heterocycles. The fourth-order valence-corrected chi connectivity index (χ4v) is 2.83. The van der Waals surface area contributed by atoms with Gasteiger partial charge in [-0.05, 0) is 43.2 Å².